The van der Waals surface area contributed by atoms with Gasteiger partial charge in [-0.15, -0.1) is 0 Å². The van der Waals surface area contributed by atoms with Gasteiger partial charge >= 0.3 is 11.9 Å². The first kappa shape index (κ1) is 62.8. The van der Waals surface area contributed by atoms with Crippen LogP contribution in [0, 0.1) is 0 Å². The molecule has 0 aliphatic heterocycles. The Bertz CT molecular complexity index is 1100. The van der Waals surface area contributed by atoms with Crippen molar-refractivity contribution in [2.45, 2.75) is 277 Å². The average Bonchev–Trinajstić information content (AvgIpc) is 3.25. The smallest absolute Gasteiger partial charge is 0.306 e. The molecule has 0 bridgehead atoms. The fraction of sp³-hybridized carbons (Fsp3) is 0.926. The van der Waals surface area contributed by atoms with E-state index >= 15 is 0 Å². The number of allylic oxidation sites excluding steroid dienone is 2. The lowest BCUT2D eigenvalue weighted by Crippen LogP contribution is -2.37. The van der Waals surface area contributed by atoms with E-state index in [2.05, 4.69) is 26.0 Å². The van der Waals surface area contributed by atoms with Crippen LogP contribution in [0.1, 0.15) is 271 Å². The van der Waals surface area contributed by atoms with E-state index in [-0.39, 0.29) is 32.0 Å². The number of quaternary nitrogens is 1. The quantitative estimate of drug-likeness (QED) is 0.0195. The normalized spacial score (nSPS) is 13.4. The van der Waals surface area contributed by atoms with Crippen LogP contribution in [0.3, 0.4) is 0 Å². The molecule has 2 unspecified atom stereocenters. The maximum Gasteiger partial charge on any atom is 0.306 e. The van der Waals surface area contributed by atoms with Crippen LogP contribution in [0.4, 0.5) is 0 Å². The molecule has 64 heavy (non-hydrogen) atoms. The molecule has 0 aromatic carbocycles. The van der Waals surface area contributed by atoms with E-state index in [0.29, 0.717) is 17.4 Å². The Morgan fingerprint density at radius 2 is 0.797 bits per heavy atom. The molecular formula is C54H106NO8P. The van der Waals surface area contributed by atoms with Crippen LogP contribution in [0.2, 0.25) is 0 Å². The van der Waals surface area contributed by atoms with Gasteiger partial charge in [0.2, 0.25) is 0 Å². The minimum absolute atomic E-state index is 0.0281. The lowest BCUT2D eigenvalue weighted by Gasteiger charge is -2.28. The Labute approximate surface area is 396 Å². The first-order valence-corrected chi connectivity index (χ1v) is 28.9. The Hall–Kier alpha value is -1.25. The van der Waals surface area contributed by atoms with E-state index in [1.165, 1.54) is 193 Å². The van der Waals surface area contributed by atoms with Crippen molar-refractivity contribution in [2.24, 2.45) is 0 Å². The van der Waals surface area contributed by atoms with Crippen LogP contribution in [-0.2, 0) is 32.7 Å². The molecule has 0 spiro atoms. The fourth-order valence-electron chi connectivity index (χ4n) is 8.01. The predicted molar refractivity (Wildman–Crippen MR) is 268 cm³/mol. The van der Waals surface area contributed by atoms with Crippen LogP contribution in [0.15, 0.2) is 12.2 Å². The highest BCUT2D eigenvalue weighted by Crippen LogP contribution is 2.38. The van der Waals surface area contributed by atoms with Crippen LogP contribution in [0.25, 0.3) is 0 Å². The van der Waals surface area contributed by atoms with Gasteiger partial charge in [-0.25, -0.2) is 0 Å². The number of unbranched alkanes of at least 4 members (excludes halogenated alkanes) is 35. The number of esters is 2. The van der Waals surface area contributed by atoms with Crippen LogP contribution in [-0.4, -0.2) is 70.0 Å². The number of phosphoric ester groups is 1. The molecule has 0 aliphatic rings. The molecule has 0 heterocycles. The average molecular weight is 928 g/mol. The van der Waals surface area contributed by atoms with Crippen molar-refractivity contribution in [2.75, 3.05) is 47.5 Å². The highest BCUT2D eigenvalue weighted by Gasteiger charge is 2.21. The van der Waals surface area contributed by atoms with Gasteiger partial charge in [0.1, 0.15) is 19.8 Å². The number of carbonyl (C=O) groups is 2. The van der Waals surface area contributed by atoms with Crippen molar-refractivity contribution in [1.29, 1.82) is 0 Å². The summed E-state index contributed by atoms with van der Waals surface area (Å²) in [6, 6.07) is 0. The molecule has 0 amide bonds. The summed E-state index contributed by atoms with van der Waals surface area (Å²) >= 11 is 0. The van der Waals surface area contributed by atoms with Crippen LogP contribution < -0.4 is 4.89 Å². The summed E-state index contributed by atoms with van der Waals surface area (Å²) in [6.45, 7) is 4.28. The Morgan fingerprint density at radius 3 is 1.16 bits per heavy atom. The van der Waals surface area contributed by atoms with Gasteiger partial charge in [-0.2, -0.15) is 0 Å². The molecule has 0 aromatic rings. The third-order valence-corrected chi connectivity index (χ3v) is 13.2. The number of phosphoric acid groups is 1. The molecule has 0 saturated carbocycles. The molecule has 0 saturated heterocycles. The fourth-order valence-corrected chi connectivity index (χ4v) is 8.73. The summed E-state index contributed by atoms with van der Waals surface area (Å²) in [5, 5.41) is 0. The Kier molecular flexibility index (Phi) is 45.9. The molecule has 380 valence electrons. The monoisotopic (exact) mass is 928 g/mol. The van der Waals surface area contributed by atoms with Crippen LogP contribution in [0.5, 0.6) is 0 Å². The summed E-state index contributed by atoms with van der Waals surface area (Å²) in [5.74, 6) is -0.822. The van der Waals surface area contributed by atoms with E-state index in [9.17, 15) is 19.0 Å². The minimum atomic E-state index is -4.63. The third-order valence-electron chi connectivity index (χ3n) is 12.3. The molecular weight excluding hydrogens is 822 g/mol. The second-order valence-electron chi connectivity index (χ2n) is 20.0. The van der Waals surface area contributed by atoms with Crippen LogP contribution >= 0.6 is 7.82 Å². The van der Waals surface area contributed by atoms with E-state index in [1.807, 2.05) is 21.1 Å². The molecule has 0 radical (unpaired) electrons. The second kappa shape index (κ2) is 46.8. The van der Waals surface area contributed by atoms with Gasteiger partial charge in [0, 0.05) is 12.8 Å². The molecule has 0 aliphatic carbocycles. The number of hydrogen-bond donors (Lipinski definition) is 0. The van der Waals surface area contributed by atoms with Crippen molar-refractivity contribution in [3.63, 3.8) is 0 Å². The van der Waals surface area contributed by atoms with Gasteiger partial charge in [0.05, 0.1) is 27.7 Å². The van der Waals surface area contributed by atoms with E-state index in [1.54, 1.807) is 0 Å². The first-order chi connectivity index (χ1) is 31.0. The summed E-state index contributed by atoms with van der Waals surface area (Å²) < 4.78 is 34.1. The highest BCUT2D eigenvalue weighted by atomic mass is 31.2. The standard InChI is InChI=1S/C54H106NO8P/c1-6-8-10-12-14-16-18-20-22-24-26-27-28-29-31-32-34-36-38-40-42-44-46-53(56)60-50-52(51-62-64(58,59)61-49-48-55(3,4)5)63-54(57)47-45-43-41-39-37-35-33-30-25-23-21-19-17-15-13-11-9-7-2/h23,25,52H,6-22,24,26-51H2,1-5H3/b25-23-. The first-order valence-electron chi connectivity index (χ1n) is 27.4. The molecule has 2 atom stereocenters. The van der Waals surface area contributed by atoms with Gasteiger partial charge in [0.15, 0.2) is 6.10 Å². The van der Waals surface area contributed by atoms with Gasteiger partial charge in [-0.1, -0.05) is 231 Å². The Morgan fingerprint density at radius 1 is 0.469 bits per heavy atom. The molecule has 0 aromatic heterocycles. The second-order valence-corrected chi connectivity index (χ2v) is 21.4. The van der Waals surface area contributed by atoms with Crippen molar-refractivity contribution in [3.8, 4) is 0 Å². The zero-order valence-corrected chi connectivity index (χ0v) is 43.9. The molecule has 0 rings (SSSR count). The van der Waals surface area contributed by atoms with Gasteiger partial charge in [-0.05, 0) is 38.5 Å². The Balaban J connectivity index is 4.16. The van der Waals surface area contributed by atoms with Crippen molar-refractivity contribution < 1.29 is 42.1 Å². The number of likely N-dealkylation sites (N-methyl/N-ethyl adjacent to an activating group) is 1. The number of carbonyl (C=O) groups excluding carboxylic acids is 2. The topological polar surface area (TPSA) is 111 Å². The van der Waals surface area contributed by atoms with E-state index in [0.717, 1.165) is 44.9 Å². The van der Waals surface area contributed by atoms with Gasteiger partial charge in [0.25, 0.3) is 7.82 Å². The molecule has 0 N–H and O–H groups in total. The number of rotatable bonds is 51. The van der Waals surface area contributed by atoms with Crippen molar-refractivity contribution in [3.05, 3.63) is 12.2 Å². The predicted octanol–water partition coefficient (Wildman–Crippen LogP) is 15.8. The summed E-state index contributed by atoms with van der Waals surface area (Å²) in [5.41, 5.74) is 0. The number of hydrogen-bond acceptors (Lipinski definition) is 8. The number of nitrogens with zero attached hydrogens (tertiary/aromatic N) is 1. The van der Waals surface area contributed by atoms with E-state index in [4.69, 9.17) is 18.5 Å². The third kappa shape index (κ3) is 50.2. The maximum absolute atomic E-state index is 12.8. The largest absolute Gasteiger partial charge is 0.756 e. The lowest BCUT2D eigenvalue weighted by molar-refractivity contribution is -0.870. The van der Waals surface area contributed by atoms with E-state index < -0.39 is 26.5 Å². The maximum atomic E-state index is 12.8. The SMILES string of the molecule is CCCCCCCCC/C=C\CCCCCCCCCC(=O)OC(COC(=O)CCCCCCCCCCCCCCCCCCCCCCCC)COP(=O)([O-])OCC[N+](C)(C)C. The van der Waals surface area contributed by atoms with Crippen molar-refractivity contribution in [1.82, 2.24) is 0 Å². The number of ether oxygens (including phenoxy) is 2. The molecule has 9 nitrogen and oxygen atoms in total. The van der Waals surface area contributed by atoms with Gasteiger partial charge in [-0.3, -0.25) is 14.2 Å². The summed E-state index contributed by atoms with van der Waals surface area (Å²) in [6.07, 6.45) is 52.5. The molecule has 0 fully saturated rings. The lowest BCUT2D eigenvalue weighted by atomic mass is 10.0. The zero-order chi connectivity index (χ0) is 47.1. The molecule has 10 heteroatoms. The summed E-state index contributed by atoms with van der Waals surface area (Å²) in [4.78, 5) is 37.8. The zero-order valence-electron chi connectivity index (χ0n) is 43.0. The minimum Gasteiger partial charge on any atom is -0.756 e. The highest BCUT2D eigenvalue weighted by molar-refractivity contribution is 7.45. The van der Waals surface area contributed by atoms with Gasteiger partial charge < -0.3 is 27.9 Å². The summed E-state index contributed by atoms with van der Waals surface area (Å²) in [7, 11) is 1.18. The van der Waals surface area contributed by atoms with Crippen molar-refractivity contribution >= 4 is 19.8 Å².